The van der Waals surface area contributed by atoms with Crippen LogP contribution in [0.2, 0.25) is 10.0 Å². The molecular formula is C16H13BrCl2N2O. The van der Waals surface area contributed by atoms with Crippen molar-refractivity contribution in [1.29, 1.82) is 0 Å². The SMILES string of the molecule is C/C(=N/NC(=O)Cc1ccc(Br)cc1)c1ccc(Cl)cc1Cl. The molecule has 0 aromatic heterocycles. The van der Waals surface area contributed by atoms with E-state index in [4.69, 9.17) is 23.2 Å². The van der Waals surface area contributed by atoms with Crippen LogP contribution in [0.5, 0.6) is 0 Å². The molecule has 0 unspecified atom stereocenters. The maximum absolute atomic E-state index is 11.9. The summed E-state index contributed by atoms with van der Waals surface area (Å²) in [5.74, 6) is -0.188. The predicted octanol–water partition coefficient (Wildman–Crippen LogP) is 4.84. The molecule has 2 aromatic rings. The first-order valence-electron chi connectivity index (χ1n) is 6.48. The number of rotatable bonds is 4. The van der Waals surface area contributed by atoms with E-state index in [0.29, 0.717) is 15.8 Å². The van der Waals surface area contributed by atoms with E-state index in [1.807, 2.05) is 24.3 Å². The molecule has 114 valence electrons. The molecule has 2 aromatic carbocycles. The zero-order valence-corrected chi connectivity index (χ0v) is 14.8. The molecule has 1 N–H and O–H groups in total. The summed E-state index contributed by atoms with van der Waals surface area (Å²) in [5.41, 5.74) is 4.79. The second kappa shape index (κ2) is 7.77. The molecule has 0 fully saturated rings. The Morgan fingerprint density at radius 1 is 1.18 bits per heavy atom. The van der Waals surface area contributed by atoms with Gasteiger partial charge in [0.2, 0.25) is 5.91 Å². The summed E-state index contributed by atoms with van der Waals surface area (Å²) in [6, 6.07) is 12.7. The molecule has 0 radical (unpaired) electrons. The van der Waals surface area contributed by atoms with E-state index in [-0.39, 0.29) is 12.3 Å². The summed E-state index contributed by atoms with van der Waals surface area (Å²) in [7, 11) is 0. The summed E-state index contributed by atoms with van der Waals surface area (Å²) >= 11 is 15.3. The smallest absolute Gasteiger partial charge is 0.244 e. The number of hydrogen-bond donors (Lipinski definition) is 1. The highest BCUT2D eigenvalue weighted by atomic mass is 79.9. The Balaban J connectivity index is 2.00. The van der Waals surface area contributed by atoms with Gasteiger partial charge in [0.15, 0.2) is 0 Å². The molecule has 2 rings (SSSR count). The number of carbonyl (C=O) groups is 1. The first-order chi connectivity index (χ1) is 10.5. The van der Waals surface area contributed by atoms with Crippen LogP contribution < -0.4 is 5.43 Å². The van der Waals surface area contributed by atoms with Crippen LogP contribution in [0.15, 0.2) is 52.0 Å². The van der Waals surface area contributed by atoms with Crippen LogP contribution in [0.3, 0.4) is 0 Å². The van der Waals surface area contributed by atoms with Gasteiger partial charge in [-0.15, -0.1) is 0 Å². The number of carbonyl (C=O) groups excluding carboxylic acids is 1. The summed E-state index contributed by atoms with van der Waals surface area (Å²) in [6.07, 6.45) is 0.262. The van der Waals surface area contributed by atoms with E-state index in [1.54, 1.807) is 25.1 Å². The maximum Gasteiger partial charge on any atom is 0.244 e. The van der Waals surface area contributed by atoms with Crippen molar-refractivity contribution in [3.63, 3.8) is 0 Å². The fourth-order valence-electron chi connectivity index (χ4n) is 1.82. The summed E-state index contributed by atoms with van der Waals surface area (Å²) in [5, 5.41) is 5.13. The van der Waals surface area contributed by atoms with Crippen molar-refractivity contribution in [2.45, 2.75) is 13.3 Å². The quantitative estimate of drug-likeness (QED) is 0.580. The number of hydrazone groups is 1. The minimum Gasteiger partial charge on any atom is -0.273 e. The van der Waals surface area contributed by atoms with Crippen LogP contribution in [-0.4, -0.2) is 11.6 Å². The third-order valence-electron chi connectivity index (χ3n) is 2.95. The highest BCUT2D eigenvalue weighted by molar-refractivity contribution is 9.10. The Bertz CT molecular complexity index is 715. The van der Waals surface area contributed by atoms with Crippen molar-refractivity contribution >= 4 is 50.8 Å². The molecule has 0 saturated heterocycles. The Morgan fingerprint density at radius 2 is 1.86 bits per heavy atom. The van der Waals surface area contributed by atoms with Crippen molar-refractivity contribution in [2.75, 3.05) is 0 Å². The van der Waals surface area contributed by atoms with Gasteiger partial charge in [-0.05, 0) is 36.8 Å². The number of halogens is 3. The summed E-state index contributed by atoms with van der Waals surface area (Å²) in [4.78, 5) is 11.9. The molecule has 0 heterocycles. The van der Waals surface area contributed by atoms with E-state index in [1.165, 1.54) is 0 Å². The molecule has 0 aliphatic rings. The molecule has 3 nitrogen and oxygen atoms in total. The molecule has 6 heteroatoms. The van der Waals surface area contributed by atoms with Gasteiger partial charge in [0.05, 0.1) is 17.2 Å². The highest BCUT2D eigenvalue weighted by Crippen LogP contribution is 2.21. The van der Waals surface area contributed by atoms with Crippen molar-refractivity contribution < 1.29 is 4.79 Å². The molecule has 0 saturated carbocycles. The first-order valence-corrected chi connectivity index (χ1v) is 8.03. The minimum atomic E-state index is -0.188. The number of hydrogen-bond acceptors (Lipinski definition) is 2. The monoisotopic (exact) mass is 398 g/mol. The number of nitrogens with zero attached hydrogens (tertiary/aromatic N) is 1. The molecule has 22 heavy (non-hydrogen) atoms. The Labute approximate surface area is 147 Å². The van der Waals surface area contributed by atoms with Gasteiger partial charge in [-0.1, -0.05) is 57.3 Å². The summed E-state index contributed by atoms with van der Waals surface area (Å²) in [6.45, 7) is 1.77. The standard InChI is InChI=1S/C16H13BrCl2N2O/c1-10(14-7-6-13(18)9-15(14)19)20-21-16(22)8-11-2-4-12(17)5-3-11/h2-7,9H,8H2,1H3,(H,21,22)/b20-10-. The van der Waals surface area contributed by atoms with Gasteiger partial charge in [0, 0.05) is 15.1 Å². The molecule has 0 atom stereocenters. The molecule has 0 aliphatic carbocycles. The first kappa shape index (κ1) is 17.0. The van der Waals surface area contributed by atoms with Gasteiger partial charge in [0.25, 0.3) is 0 Å². The Hall–Kier alpha value is -1.36. The normalized spacial score (nSPS) is 11.4. The van der Waals surface area contributed by atoms with Crippen LogP contribution in [0.4, 0.5) is 0 Å². The van der Waals surface area contributed by atoms with Gasteiger partial charge in [-0.25, -0.2) is 5.43 Å². The zero-order valence-electron chi connectivity index (χ0n) is 11.7. The maximum atomic E-state index is 11.9. The fraction of sp³-hybridized carbons (Fsp3) is 0.125. The predicted molar refractivity (Wildman–Crippen MR) is 94.7 cm³/mol. The minimum absolute atomic E-state index is 0.188. The fourth-order valence-corrected chi connectivity index (χ4v) is 2.63. The van der Waals surface area contributed by atoms with Crippen LogP contribution in [0.1, 0.15) is 18.1 Å². The van der Waals surface area contributed by atoms with Crippen LogP contribution >= 0.6 is 39.1 Å². The molecular weight excluding hydrogens is 387 g/mol. The van der Waals surface area contributed by atoms with Gasteiger partial charge in [-0.3, -0.25) is 4.79 Å². The van der Waals surface area contributed by atoms with E-state index in [0.717, 1.165) is 15.6 Å². The van der Waals surface area contributed by atoms with Crippen LogP contribution in [0.25, 0.3) is 0 Å². The van der Waals surface area contributed by atoms with Crippen molar-refractivity contribution in [3.8, 4) is 0 Å². The number of benzene rings is 2. The lowest BCUT2D eigenvalue weighted by molar-refractivity contribution is -0.120. The van der Waals surface area contributed by atoms with Crippen molar-refractivity contribution in [3.05, 3.63) is 68.1 Å². The third-order valence-corrected chi connectivity index (χ3v) is 4.02. The zero-order chi connectivity index (χ0) is 16.1. The Kier molecular flexibility index (Phi) is 6.00. The van der Waals surface area contributed by atoms with E-state index < -0.39 is 0 Å². The third kappa shape index (κ3) is 4.83. The van der Waals surface area contributed by atoms with Gasteiger partial charge < -0.3 is 0 Å². The number of amides is 1. The topological polar surface area (TPSA) is 41.5 Å². The van der Waals surface area contributed by atoms with Gasteiger partial charge in [0.1, 0.15) is 0 Å². The van der Waals surface area contributed by atoms with Crippen LogP contribution in [0, 0.1) is 0 Å². The van der Waals surface area contributed by atoms with Crippen molar-refractivity contribution in [2.24, 2.45) is 5.10 Å². The lowest BCUT2D eigenvalue weighted by Gasteiger charge is -2.05. The summed E-state index contributed by atoms with van der Waals surface area (Å²) < 4.78 is 0.975. The largest absolute Gasteiger partial charge is 0.273 e. The van der Waals surface area contributed by atoms with E-state index >= 15 is 0 Å². The lowest BCUT2D eigenvalue weighted by atomic mass is 10.1. The van der Waals surface area contributed by atoms with Gasteiger partial charge >= 0.3 is 0 Å². The average Bonchev–Trinajstić information content (AvgIpc) is 2.47. The molecule has 0 spiro atoms. The second-order valence-corrected chi connectivity index (χ2v) is 6.42. The Morgan fingerprint density at radius 3 is 2.50 bits per heavy atom. The lowest BCUT2D eigenvalue weighted by Crippen LogP contribution is -2.21. The highest BCUT2D eigenvalue weighted by Gasteiger charge is 2.06. The number of nitrogens with one attached hydrogen (secondary N) is 1. The van der Waals surface area contributed by atoms with E-state index in [2.05, 4.69) is 26.5 Å². The second-order valence-electron chi connectivity index (χ2n) is 4.66. The van der Waals surface area contributed by atoms with Crippen LogP contribution in [-0.2, 0) is 11.2 Å². The average molecular weight is 400 g/mol. The van der Waals surface area contributed by atoms with E-state index in [9.17, 15) is 4.79 Å². The van der Waals surface area contributed by atoms with Crippen molar-refractivity contribution in [1.82, 2.24) is 5.43 Å². The molecule has 1 amide bonds. The molecule has 0 bridgehead atoms. The van der Waals surface area contributed by atoms with Gasteiger partial charge in [-0.2, -0.15) is 5.10 Å². The molecule has 0 aliphatic heterocycles.